The number of fused-ring (bicyclic) bond motifs is 1. The van der Waals surface area contributed by atoms with Crippen molar-refractivity contribution in [3.05, 3.63) is 118 Å². The van der Waals surface area contributed by atoms with Crippen LogP contribution < -0.4 is 15.6 Å². The molecule has 5 aromatic rings. The van der Waals surface area contributed by atoms with Crippen LogP contribution in [0.4, 0.5) is 10.1 Å². The molecule has 44 heavy (non-hydrogen) atoms. The Balaban J connectivity index is 1.21. The molecule has 1 saturated carbocycles. The summed E-state index contributed by atoms with van der Waals surface area (Å²) < 4.78 is 22.4. The van der Waals surface area contributed by atoms with Gasteiger partial charge >= 0.3 is 0 Å². The molecule has 9 heteroatoms. The lowest BCUT2D eigenvalue weighted by Gasteiger charge is -2.22. The van der Waals surface area contributed by atoms with Gasteiger partial charge in [0.15, 0.2) is 6.61 Å². The quantitative estimate of drug-likeness (QED) is 0.199. The number of carbonyl (C=O) groups is 1. The van der Waals surface area contributed by atoms with Crippen LogP contribution in [0.2, 0.25) is 0 Å². The minimum absolute atomic E-state index is 0.150. The fraction of sp³-hybridized carbons (Fsp3) is 0.257. The highest BCUT2D eigenvalue weighted by Gasteiger charge is 2.22. The van der Waals surface area contributed by atoms with E-state index < -0.39 is 0 Å². The minimum Gasteiger partial charge on any atom is -0.484 e. The third-order valence-electron chi connectivity index (χ3n) is 8.12. The summed E-state index contributed by atoms with van der Waals surface area (Å²) in [5.74, 6) is 0.786. The van der Waals surface area contributed by atoms with Gasteiger partial charge in [-0.05, 0) is 93.4 Å². The number of nitrogens with one attached hydrogen (secondary N) is 1. The van der Waals surface area contributed by atoms with E-state index in [2.05, 4.69) is 9.88 Å². The summed E-state index contributed by atoms with van der Waals surface area (Å²) in [6, 6.07) is 22.5. The maximum Gasteiger partial charge on any atom is 0.282 e. The van der Waals surface area contributed by atoms with Crippen molar-refractivity contribution < 1.29 is 13.9 Å². The van der Waals surface area contributed by atoms with Gasteiger partial charge in [0.2, 0.25) is 0 Å². The fourth-order valence-electron chi connectivity index (χ4n) is 5.88. The molecule has 1 aliphatic rings. The number of hydrogen-bond acceptors (Lipinski definition) is 5. The van der Waals surface area contributed by atoms with Gasteiger partial charge in [-0.15, -0.1) is 0 Å². The Morgan fingerprint density at radius 2 is 1.75 bits per heavy atom. The lowest BCUT2D eigenvalue weighted by molar-refractivity contribution is -0.118. The van der Waals surface area contributed by atoms with Crippen molar-refractivity contribution in [2.75, 3.05) is 11.9 Å². The highest BCUT2D eigenvalue weighted by Crippen LogP contribution is 2.32. The van der Waals surface area contributed by atoms with E-state index in [-0.39, 0.29) is 29.8 Å². The third kappa shape index (κ3) is 6.17. The van der Waals surface area contributed by atoms with Gasteiger partial charge in [-0.25, -0.2) is 9.37 Å². The van der Waals surface area contributed by atoms with Crippen LogP contribution in [-0.2, 0) is 4.79 Å². The summed E-state index contributed by atoms with van der Waals surface area (Å²) in [5.41, 5.74) is 4.87. The molecule has 1 aliphatic carbocycles. The van der Waals surface area contributed by atoms with Crippen molar-refractivity contribution in [1.82, 2.24) is 14.2 Å². The third-order valence-corrected chi connectivity index (χ3v) is 8.12. The number of amides is 1. The first-order valence-corrected chi connectivity index (χ1v) is 14.9. The first-order chi connectivity index (χ1) is 21.4. The Bertz CT molecular complexity index is 1890. The number of anilines is 1. The predicted molar refractivity (Wildman–Crippen MR) is 171 cm³/mol. The SMILES string of the molecule is Cc1cc(C=Nn2c(C3CCCCC3)nc3ccccc3c2=O)c(C)n1-c1ccc(OCC(=O)Nc2ccc(F)cc2)cc1. The summed E-state index contributed by atoms with van der Waals surface area (Å²) in [5, 5.41) is 7.97. The van der Waals surface area contributed by atoms with Crippen LogP contribution in [0, 0.1) is 19.7 Å². The van der Waals surface area contributed by atoms with E-state index in [0.717, 1.165) is 54.1 Å². The largest absolute Gasteiger partial charge is 0.484 e. The lowest BCUT2D eigenvalue weighted by Crippen LogP contribution is -2.25. The Hall–Kier alpha value is -5.05. The topological polar surface area (TPSA) is 90.5 Å². The zero-order valence-electron chi connectivity index (χ0n) is 24.8. The fourth-order valence-corrected chi connectivity index (χ4v) is 5.88. The Morgan fingerprint density at radius 1 is 1.02 bits per heavy atom. The van der Waals surface area contributed by atoms with Crippen LogP contribution >= 0.6 is 0 Å². The van der Waals surface area contributed by atoms with E-state index >= 15 is 0 Å². The van der Waals surface area contributed by atoms with Crippen molar-refractivity contribution in [3.8, 4) is 11.4 Å². The molecule has 2 aromatic heterocycles. The standard InChI is InChI=1S/C35H34FN5O3/c1-23-20-26(21-37-41-34(25-8-4-3-5-9-25)39-32-11-7-6-10-31(32)35(41)43)24(2)40(23)29-16-18-30(19-17-29)44-22-33(42)38-28-14-12-27(36)13-15-28/h6-7,10-21,25H,3-5,8-9,22H2,1-2H3,(H,38,42). The van der Waals surface area contributed by atoms with E-state index in [4.69, 9.17) is 14.8 Å². The van der Waals surface area contributed by atoms with Gasteiger partial charge in [0.05, 0.1) is 17.1 Å². The van der Waals surface area contributed by atoms with Crippen LogP contribution in [0.25, 0.3) is 16.6 Å². The average Bonchev–Trinajstić information content (AvgIpc) is 3.33. The molecule has 0 radical (unpaired) electrons. The number of hydrogen-bond donors (Lipinski definition) is 1. The maximum absolute atomic E-state index is 13.6. The van der Waals surface area contributed by atoms with Gasteiger partial charge in [0.25, 0.3) is 11.5 Å². The molecular weight excluding hydrogens is 557 g/mol. The maximum atomic E-state index is 13.6. The molecule has 0 saturated heterocycles. The smallest absolute Gasteiger partial charge is 0.282 e. The molecule has 0 bridgehead atoms. The molecule has 224 valence electrons. The first kappa shape index (κ1) is 29.0. The van der Waals surface area contributed by atoms with Crippen LogP contribution in [0.3, 0.4) is 0 Å². The normalized spacial score (nSPS) is 13.9. The van der Waals surface area contributed by atoms with Gasteiger partial charge in [-0.3, -0.25) is 9.59 Å². The molecule has 1 amide bonds. The number of rotatable bonds is 8. The average molecular weight is 592 g/mol. The zero-order chi connectivity index (χ0) is 30.6. The van der Waals surface area contributed by atoms with E-state index in [1.54, 1.807) is 12.3 Å². The second kappa shape index (κ2) is 12.7. The number of halogens is 1. The van der Waals surface area contributed by atoms with Gasteiger partial charge in [0, 0.05) is 34.2 Å². The summed E-state index contributed by atoms with van der Waals surface area (Å²) >= 11 is 0. The predicted octanol–water partition coefficient (Wildman–Crippen LogP) is 6.89. The number of para-hydroxylation sites is 1. The second-order valence-corrected chi connectivity index (χ2v) is 11.2. The van der Waals surface area contributed by atoms with Crippen LogP contribution in [-0.4, -0.2) is 33.0 Å². The Labute approximate surface area is 254 Å². The van der Waals surface area contributed by atoms with Crippen LogP contribution in [0.1, 0.15) is 60.8 Å². The summed E-state index contributed by atoms with van der Waals surface area (Å²) in [6.45, 7) is 3.86. The molecule has 3 aromatic carbocycles. The van der Waals surface area contributed by atoms with E-state index in [1.165, 1.54) is 35.4 Å². The van der Waals surface area contributed by atoms with Gasteiger partial charge < -0.3 is 14.6 Å². The molecule has 0 spiro atoms. The Kier molecular flexibility index (Phi) is 8.36. The van der Waals surface area contributed by atoms with Crippen LogP contribution in [0.15, 0.2) is 88.8 Å². The first-order valence-electron chi connectivity index (χ1n) is 14.9. The molecule has 1 N–H and O–H groups in total. The van der Waals surface area contributed by atoms with Gasteiger partial charge in [0.1, 0.15) is 17.4 Å². The molecule has 0 aliphatic heterocycles. The second-order valence-electron chi connectivity index (χ2n) is 11.2. The summed E-state index contributed by atoms with van der Waals surface area (Å²) in [4.78, 5) is 30.7. The number of nitrogens with zero attached hydrogens (tertiary/aromatic N) is 4. The van der Waals surface area contributed by atoms with Crippen molar-refractivity contribution in [3.63, 3.8) is 0 Å². The van der Waals surface area contributed by atoms with E-state index in [9.17, 15) is 14.0 Å². The monoisotopic (exact) mass is 591 g/mol. The number of aromatic nitrogens is 3. The molecule has 6 rings (SSSR count). The van der Waals surface area contributed by atoms with Crippen molar-refractivity contribution in [2.45, 2.75) is 51.9 Å². The van der Waals surface area contributed by atoms with E-state index in [1.807, 2.05) is 62.4 Å². The summed E-state index contributed by atoms with van der Waals surface area (Å²) in [6.07, 6.45) is 7.24. The molecule has 2 heterocycles. The van der Waals surface area contributed by atoms with Crippen molar-refractivity contribution >= 4 is 28.7 Å². The minimum atomic E-state index is -0.367. The van der Waals surface area contributed by atoms with Crippen LogP contribution in [0.5, 0.6) is 5.75 Å². The number of aryl methyl sites for hydroxylation is 1. The van der Waals surface area contributed by atoms with Crippen molar-refractivity contribution in [2.24, 2.45) is 5.10 Å². The van der Waals surface area contributed by atoms with E-state index in [0.29, 0.717) is 22.3 Å². The lowest BCUT2D eigenvalue weighted by atomic mass is 9.88. The molecule has 1 fully saturated rings. The van der Waals surface area contributed by atoms with Gasteiger partial charge in [-0.1, -0.05) is 31.4 Å². The molecular formula is C35H34FN5O3. The van der Waals surface area contributed by atoms with Crippen molar-refractivity contribution in [1.29, 1.82) is 0 Å². The molecule has 0 unspecified atom stereocenters. The molecule has 0 atom stereocenters. The summed E-state index contributed by atoms with van der Waals surface area (Å²) in [7, 11) is 0. The number of ether oxygens (including phenoxy) is 1. The number of benzene rings is 3. The molecule has 8 nitrogen and oxygen atoms in total. The number of carbonyl (C=O) groups excluding carboxylic acids is 1. The van der Waals surface area contributed by atoms with Gasteiger partial charge in [-0.2, -0.15) is 9.78 Å². The highest BCUT2D eigenvalue weighted by molar-refractivity contribution is 5.91. The Morgan fingerprint density at radius 3 is 2.50 bits per heavy atom. The zero-order valence-corrected chi connectivity index (χ0v) is 24.8. The highest BCUT2D eigenvalue weighted by atomic mass is 19.1.